The largest absolute Gasteiger partial charge is 0.394 e. The molecule has 0 unspecified atom stereocenters. The summed E-state index contributed by atoms with van der Waals surface area (Å²) in [5.74, 6) is 0.0762. The van der Waals surface area contributed by atoms with Gasteiger partial charge in [0.05, 0.1) is 24.6 Å². The second kappa shape index (κ2) is 10.3. The van der Waals surface area contributed by atoms with E-state index < -0.39 is 37.3 Å². The number of nitrogens with zero attached hydrogens (tertiary/aromatic N) is 2. The molecule has 0 spiro atoms. The van der Waals surface area contributed by atoms with E-state index in [2.05, 4.69) is 9.97 Å². The Labute approximate surface area is 191 Å². The van der Waals surface area contributed by atoms with Gasteiger partial charge in [-0.1, -0.05) is 48.5 Å². The molecule has 1 saturated heterocycles. The molecule has 0 saturated carbocycles. The molecule has 9 nitrogen and oxygen atoms in total. The van der Waals surface area contributed by atoms with Crippen LogP contribution in [-0.2, 0) is 20.8 Å². The Morgan fingerprint density at radius 3 is 2.39 bits per heavy atom. The number of rotatable bonds is 7. The minimum absolute atomic E-state index is 0.0501. The standard InChI is InChI=1S/C24H27N3O6/c1-31-23-21(30)22(20(29)19(12-28)33-23)32-13-17-11-18(27-24(25)26-17)16-9-5-8-15(10-16)14-6-3-2-4-7-14/h2-11,19-23,28-30H,12-13H2,1H3,(H2,25,26,27)/t19-,20+,21-,22+,23-/m1/s1. The number of aromatic nitrogens is 2. The average Bonchev–Trinajstić information content (AvgIpc) is 2.84. The van der Waals surface area contributed by atoms with Crippen molar-refractivity contribution in [3.05, 3.63) is 66.4 Å². The maximum Gasteiger partial charge on any atom is 0.220 e. The Morgan fingerprint density at radius 1 is 0.939 bits per heavy atom. The van der Waals surface area contributed by atoms with Gasteiger partial charge in [0.2, 0.25) is 5.95 Å². The Morgan fingerprint density at radius 2 is 1.67 bits per heavy atom. The van der Waals surface area contributed by atoms with Gasteiger partial charge in [-0.15, -0.1) is 0 Å². The zero-order chi connectivity index (χ0) is 23.4. The van der Waals surface area contributed by atoms with Gasteiger partial charge in [-0.3, -0.25) is 0 Å². The van der Waals surface area contributed by atoms with Gasteiger partial charge in [-0.2, -0.15) is 0 Å². The highest BCUT2D eigenvalue weighted by Crippen LogP contribution is 2.27. The predicted octanol–water partition coefficient (Wildman–Crippen LogP) is 1.36. The van der Waals surface area contributed by atoms with E-state index in [1.807, 2.05) is 54.6 Å². The fourth-order valence-corrected chi connectivity index (χ4v) is 3.85. The first kappa shape index (κ1) is 23.2. The zero-order valence-electron chi connectivity index (χ0n) is 18.1. The molecule has 9 heteroatoms. The van der Waals surface area contributed by atoms with E-state index >= 15 is 0 Å². The molecular formula is C24H27N3O6. The van der Waals surface area contributed by atoms with Gasteiger partial charge >= 0.3 is 0 Å². The van der Waals surface area contributed by atoms with Crippen LogP contribution in [0.15, 0.2) is 60.7 Å². The summed E-state index contributed by atoms with van der Waals surface area (Å²) in [4.78, 5) is 8.57. The molecule has 0 bridgehead atoms. The van der Waals surface area contributed by atoms with Crippen LogP contribution in [-0.4, -0.2) is 69.7 Å². The summed E-state index contributed by atoms with van der Waals surface area (Å²) >= 11 is 0. The fraction of sp³-hybridized carbons (Fsp3) is 0.333. The Balaban J connectivity index is 1.55. The molecule has 3 aromatic rings. The molecule has 174 valence electrons. The first-order valence-corrected chi connectivity index (χ1v) is 10.6. The molecule has 1 aromatic heterocycles. The zero-order valence-corrected chi connectivity index (χ0v) is 18.1. The highest BCUT2D eigenvalue weighted by molar-refractivity contribution is 5.71. The number of nitrogens with two attached hydrogens (primary N) is 1. The van der Waals surface area contributed by atoms with Crippen molar-refractivity contribution in [1.29, 1.82) is 0 Å². The highest BCUT2D eigenvalue weighted by atomic mass is 16.7. The van der Waals surface area contributed by atoms with Crippen molar-refractivity contribution in [2.24, 2.45) is 0 Å². The lowest BCUT2D eigenvalue weighted by atomic mass is 9.99. The molecular weight excluding hydrogens is 426 g/mol. The van der Waals surface area contributed by atoms with Crippen molar-refractivity contribution in [1.82, 2.24) is 9.97 Å². The van der Waals surface area contributed by atoms with Crippen molar-refractivity contribution >= 4 is 5.95 Å². The van der Waals surface area contributed by atoms with Crippen LogP contribution in [0.4, 0.5) is 5.95 Å². The molecule has 0 amide bonds. The summed E-state index contributed by atoms with van der Waals surface area (Å²) in [6.45, 7) is -0.499. The summed E-state index contributed by atoms with van der Waals surface area (Å²) in [5, 5.41) is 30.3. The number of nitrogen functional groups attached to an aromatic ring is 1. The van der Waals surface area contributed by atoms with Crippen LogP contribution >= 0.6 is 0 Å². The molecule has 0 aliphatic carbocycles. The maximum absolute atomic E-state index is 10.4. The number of hydrogen-bond donors (Lipinski definition) is 4. The Bertz CT molecular complexity index is 1050. The van der Waals surface area contributed by atoms with Crippen LogP contribution in [0.1, 0.15) is 5.69 Å². The lowest BCUT2D eigenvalue weighted by molar-refractivity contribution is -0.303. The van der Waals surface area contributed by atoms with E-state index in [0.717, 1.165) is 16.7 Å². The first-order valence-electron chi connectivity index (χ1n) is 10.6. The molecule has 2 aromatic carbocycles. The number of methoxy groups -OCH3 is 1. The van der Waals surface area contributed by atoms with E-state index in [1.54, 1.807) is 6.07 Å². The van der Waals surface area contributed by atoms with Gasteiger partial charge in [-0.05, 0) is 23.3 Å². The molecule has 1 aliphatic heterocycles. The lowest BCUT2D eigenvalue weighted by Crippen LogP contribution is -2.59. The predicted molar refractivity (Wildman–Crippen MR) is 121 cm³/mol. The topological polar surface area (TPSA) is 140 Å². The monoisotopic (exact) mass is 453 g/mol. The number of aliphatic hydroxyl groups is 3. The number of hydrogen-bond acceptors (Lipinski definition) is 9. The quantitative estimate of drug-likeness (QED) is 0.417. The van der Waals surface area contributed by atoms with E-state index in [4.69, 9.17) is 19.9 Å². The molecule has 5 N–H and O–H groups in total. The Kier molecular flexibility index (Phi) is 7.29. The third kappa shape index (κ3) is 5.19. The molecule has 2 heterocycles. The summed E-state index contributed by atoms with van der Waals surface area (Å²) < 4.78 is 16.2. The Hall–Kier alpha value is -2.92. The van der Waals surface area contributed by atoms with Crippen LogP contribution in [0.5, 0.6) is 0 Å². The minimum atomic E-state index is -1.26. The number of benzene rings is 2. The van der Waals surface area contributed by atoms with Gasteiger partial charge in [0, 0.05) is 12.7 Å². The maximum atomic E-state index is 10.4. The summed E-state index contributed by atoms with van der Waals surface area (Å²) in [7, 11) is 1.36. The van der Waals surface area contributed by atoms with Gasteiger partial charge in [0.1, 0.15) is 24.4 Å². The molecule has 33 heavy (non-hydrogen) atoms. The SMILES string of the molecule is CO[C@@H]1O[C@H](CO)[C@H](O)[C@H](OCc2cc(-c3cccc(-c4ccccc4)c3)nc(N)n2)[C@H]1O. The second-order valence-corrected chi connectivity index (χ2v) is 7.77. The van der Waals surface area contributed by atoms with Crippen LogP contribution in [0.2, 0.25) is 0 Å². The van der Waals surface area contributed by atoms with Crippen molar-refractivity contribution in [3.63, 3.8) is 0 Å². The summed E-state index contributed by atoms with van der Waals surface area (Å²) in [6, 6.07) is 19.6. The molecule has 4 rings (SSSR count). The van der Waals surface area contributed by atoms with Crippen LogP contribution in [0, 0.1) is 0 Å². The average molecular weight is 453 g/mol. The van der Waals surface area contributed by atoms with Crippen LogP contribution in [0.25, 0.3) is 22.4 Å². The number of ether oxygens (including phenoxy) is 3. The highest BCUT2D eigenvalue weighted by Gasteiger charge is 2.45. The smallest absolute Gasteiger partial charge is 0.220 e. The number of anilines is 1. The number of aliphatic hydroxyl groups excluding tert-OH is 3. The molecule has 1 aliphatic rings. The van der Waals surface area contributed by atoms with Gasteiger partial charge < -0.3 is 35.3 Å². The van der Waals surface area contributed by atoms with Crippen molar-refractivity contribution < 1.29 is 29.5 Å². The van der Waals surface area contributed by atoms with Gasteiger partial charge in [0.15, 0.2) is 6.29 Å². The molecule has 5 atom stereocenters. The first-order chi connectivity index (χ1) is 16.0. The van der Waals surface area contributed by atoms with Crippen molar-refractivity contribution in [2.45, 2.75) is 37.3 Å². The van der Waals surface area contributed by atoms with E-state index in [9.17, 15) is 15.3 Å². The van der Waals surface area contributed by atoms with Crippen molar-refractivity contribution in [2.75, 3.05) is 19.5 Å². The third-order valence-corrected chi connectivity index (χ3v) is 5.54. The van der Waals surface area contributed by atoms with Gasteiger partial charge in [-0.25, -0.2) is 9.97 Å². The molecule has 0 radical (unpaired) electrons. The van der Waals surface area contributed by atoms with Crippen LogP contribution in [0.3, 0.4) is 0 Å². The second-order valence-electron chi connectivity index (χ2n) is 7.77. The molecule has 1 fully saturated rings. The lowest BCUT2D eigenvalue weighted by Gasteiger charge is -2.41. The summed E-state index contributed by atoms with van der Waals surface area (Å²) in [5.41, 5.74) is 10.0. The van der Waals surface area contributed by atoms with Gasteiger partial charge in [0.25, 0.3) is 0 Å². The van der Waals surface area contributed by atoms with Crippen molar-refractivity contribution in [3.8, 4) is 22.4 Å². The summed E-state index contributed by atoms with van der Waals surface area (Å²) in [6.07, 6.45) is -5.55. The minimum Gasteiger partial charge on any atom is -0.394 e. The fourth-order valence-electron chi connectivity index (χ4n) is 3.85. The van der Waals surface area contributed by atoms with Crippen LogP contribution < -0.4 is 5.73 Å². The normalized spacial score (nSPS) is 25.2. The third-order valence-electron chi connectivity index (χ3n) is 5.54. The van der Waals surface area contributed by atoms with E-state index in [-0.39, 0.29) is 12.6 Å². The van der Waals surface area contributed by atoms with E-state index in [1.165, 1.54) is 7.11 Å². The van der Waals surface area contributed by atoms with E-state index in [0.29, 0.717) is 11.4 Å².